The van der Waals surface area contributed by atoms with Gasteiger partial charge in [0.05, 0.1) is 18.3 Å². The van der Waals surface area contributed by atoms with Gasteiger partial charge < -0.3 is 0 Å². The Kier molecular flexibility index (Phi) is 4.02. The van der Waals surface area contributed by atoms with Crippen molar-refractivity contribution in [2.45, 2.75) is 33.0 Å². The first-order valence-corrected chi connectivity index (χ1v) is 7.87. The van der Waals surface area contributed by atoms with Crippen molar-refractivity contribution in [3.05, 3.63) is 40.8 Å². The summed E-state index contributed by atoms with van der Waals surface area (Å²) in [6.45, 7) is 11.3. The Morgan fingerprint density at radius 2 is 1.77 bits per heavy atom. The van der Waals surface area contributed by atoms with Crippen LogP contribution >= 0.6 is 0 Å². The first-order valence-electron chi connectivity index (χ1n) is 7.87. The van der Waals surface area contributed by atoms with Gasteiger partial charge in [0.2, 0.25) is 0 Å². The molecule has 22 heavy (non-hydrogen) atoms. The van der Waals surface area contributed by atoms with E-state index in [4.69, 9.17) is 0 Å². The molecule has 0 bridgehead atoms. The zero-order valence-electron chi connectivity index (χ0n) is 13.6. The number of hydrogen-bond acceptors (Lipinski definition) is 4. The summed E-state index contributed by atoms with van der Waals surface area (Å²) >= 11 is 0. The van der Waals surface area contributed by atoms with E-state index >= 15 is 0 Å². The predicted octanol–water partition coefficient (Wildman–Crippen LogP) is 1.77. The average molecular weight is 300 g/mol. The molecule has 0 N–H and O–H groups in total. The molecule has 2 heterocycles. The largest absolute Gasteiger partial charge is 0.296 e. The lowest BCUT2D eigenvalue weighted by atomic mass is 10.1. The highest BCUT2D eigenvalue weighted by atomic mass is 16.1. The number of piperazine rings is 1. The lowest BCUT2D eigenvalue weighted by Gasteiger charge is -2.42. The van der Waals surface area contributed by atoms with Crippen LogP contribution in [0.4, 0.5) is 0 Å². The van der Waals surface area contributed by atoms with Crippen molar-refractivity contribution < 1.29 is 0 Å². The molecule has 5 heteroatoms. The molecule has 1 aromatic heterocycles. The zero-order chi connectivity index (χ0) is 15.7. The molecule has 0 aliphatic carbocycles. The van der Waals surface area contributed by atoms with Crippen LogP contribution in [0.2, 0.25) is 0 Å². The smallest absolute Gasteiger partial charge is 0.275 e. The van der Waals surface area contributed by atoms with Crippen molar-refractivity contribution in [1.82, 2.24) is 19.6 Å². The molecule has 0 atom stereocenters. The van der Waals surface area contributed by atoms with E-state index in [1.54, 1.807) is 10.9 Å². The minimum Gasteiger partial charge on any atom is -0.296 e. The van der Waals surface area contributed by atoms with Crippen LogP contribution in [0.25, 0.3) is 10.8 Å². The molecule has 0 radical (unpaired) electrons. The SMILES string of the molecule is CC(C)(C)N1CCN(Cn2ncc3ccccc3c2=O)CC1. The summed E-state index contributed by atoms with van der Waals surface area (Å²) in [6, 6.07) is 7.62. The van der Waals surface area contributed by atoms with Gasteiger partial charge in [-0.1, -0.05) is 18.2 Å². The van der Waals surface area contributed by atoms with Crippen molar-refractivity contribution >= 4 is 10.8 Å². The van der Waals surface area contributed by atoms with Crippen LogP contribution in [0.15, 0.2) is 35.3 Å². The second kappa shape index (κ2) is 5.82. The third-order valence-electron chi connectivity index (χ3n) is 4.42. The van der Waals surface area contributed by atoms with Gasteiger partial charge in [0.25, 0.3) is 5.56 Å². The molecule has 0 spiro atoms. The number of aromatic nitrogens is 2. The molecule has 0 saturated carbocycles. The fourth-order valence-electron chi connectivity index (χ4n) is 2.98. The fourth-order valence-corrected chi connectivity index (χ4v) is 2.98. The first-order chi connectivity index (χ1) is 10.4. The Bertz CT molecular complexity index is 708. The van der Waals surface area contributed by atoms with E-state index in [1.807, 2.05) is 24.3 Å². The van der Waals surface area contributed by atoms with Gasteiger partial charge in [-0.3, -0.25) is 14.6 Å². The molecule has 1 aliphatic rings. The van der Waals surface area contributed by atoms with Gasteiger partial charge in [-0.05, 0) is 26.8 Å². The highest BCUT2D eigenvalue weighted by Gasteiger charge is 2.25. The summed E-state index contributed by atoms with van der Waals surface area (Å²) in [5, 5.41) is 5.96. The van der Waals surface area contributed by atoms with E-state index in [0.717, 1.165) is 37.0 Å². The number of rotatable bonds is 2. The van der Waals surface area contributed by atoms with E-state index in [0.29, 0.717) is 6.67 Å². The summed E-state index contributed by atoms with van der Waals surface area (Å²) in [6.07, 6.45) is 1.78. The van der Waals surface area contributed by atoms with Gasteiger partial charge in [-0.25, -0.2) is 4.68 Å². The molecule has 0 amide bonds. The third-order valence-corrected chi connectivity index (χ3v) is 4.42. The van der Waals surface area contributed by atoms with Gasteiger partial charge in [-0.2, -0.15) is 5.10 Å². The van der Waals surface area contributed by atoms with Crippen molar-refractivity contribution in [2.75, 3.05) is 26.2 Å². The van der Waals surface area contributed by atoms with Crippen molar-refractivity contribution in [2.24, 2.45) is 0 Å². The lowest BCUT2D eigenvalue weighted by molar-refractivity contribution is 0.0457. The molecule has 5 nitrogen and oxygen atoms in total. The highest BCUT2D eigenvalue weighted by Crippen LogP contribution is 2.16. The molecule has 1 aliphatic heterocycles. The van der Waals surface area contributed by atoms with Crippen LogP contribution in [-0.2, 0) is 6.67 Å². The average Bonchev–Trinajstić information content (AvgIpc) is 2.50. The van der Waals surface area contributed by atoms with Crippen LogP contribution in [0.5, 0.6) is 0 Å². The number of fused-ring (bicyclic) bond motifs is 1. The Balaban J connectivity index is 1.73. The van der Waals surface area contributed by atoms with Gasteiger partial charge in [0.15, 0.2) is 0 Å². The van der Waals surface area contributed by atoms with E-state index < -0.39 is 0 Å². The van der Waals surface area contributed by atoms with Crippen LogP contribution in [-0.4, -0.2) is 51.3 Å². The molecule has 1 aromatic carbocycles. The standard InChI is InChI=1S/C17H24N4O/c1-17(2,3)20-10-8-19(9-11-20)13-21-16(22)15-7-5-4-6-14(15)12-18-21/h4-7,12H,8-11,13H2,1-3H3. The second-order valence-electron chi connectivity index (χ2n) is 6.95. The van der Waals surface area contributed by atoms with Gasteiger partial charge in [0, 0.05) is 37.1 Å². The van der Waals surface area contributed by atoms with Crippen LogP contribution in [0, 0.1) is 0 Å². The summed E-state index contributed by atoms with van der Waals surface area (Å²) in [5.74, 6) is 0. The first kappa shape index (κ1) is 15.2. The van der Waals surface area contributed by atoms with Crippen molar-refractivity contribution in [3.8, 4) is 0 Å². The Morgan fingerprint density at radius 3 is 2.45 bits per heavy atom. The maximum atomic E-state index is 12.5. The van der Waals surface area contributed by atoms with E-state index in [1.165, 1.54) is 0 Å². The predicted molar refractivity (Wildman–Crippen MR) is 88.9 cm³/mol. The lowest BCUT2D eigenvalue weighted by Crippen LogP contribution is -2.54. The van der Waals surface area contributed by atoms with Gasteiger partial charge in [-0.15, -0.1) is 0 Å². The fraction of sp³-hybridized carbons (Fsp3) is 0.529. The normalized spacial score (nSPS) is 18.0. The zero-order valence-corrected chi connectivity index (χ0v) is 13.6. The Hall–Kier alpha value is -1.72. The Morgan fingerprint density at radius 1 is 1.09 bits per heavy atom. The summed E-state index contributed by atoms with van der Waals surface area (Å²) in [7, 11) is 0. The molecule has 118 valence electrons. The van der Waals surface area contributed by atoms with Gasteiger partial charge in [0.1, 0.15) is 0 Å². The number of benzene rings is 1. The second-order valence-corrected chi connectivity index (χ2v) is 6.95. The topological polar surface area (TPSA) is 41.4 Å². The van der Waals surface area contributed by atoms with E-state index in [9.17, 15) is 4.79 Å². The maximum Gasteiger partial charge on any atom is 0.275 e. The molecule has 3 rings (SSSR count). The van der Waals surface area contributed by atoms with Crippen molar-refractivity contribution in [3.63, 3.8) is 0 Å². The monoisotopic (exact) mass is 300 g/mol. The minimum atomic E-state index is -0.00338. The molecule has 0 unspecified atom stereocenters. The summed E-state index contributed by atoms with van der Waals surface area (Å²) in [4.78, 5) is 17.3. The molecule has 2 aromatic rings. The molecular formula is C17H24N4O. The molecule has 1 saturated heterocycles. The summed E-state index contributed by atoms with van der Waals surface area (Å²) < 4.78 is 1.58. The quantitative estimate of drug-likeness (QED) is 0.847. The maximum absolute atomic E-state index is 12.5. The van der Waals surface area contributed by atoms with Crippen LogP contribution in [0.3, 0.4) is 0 Å². The van der Waals surface area contributed by atoms with Crippen molar-refractivity contribution in [1.29, 1.82) is 0 Å². The number of hydrogen-bond donors (Lipinski definition) is 0. The Labute approximate surface area is 131 Å². The summed E-state index contributed by atoms with van der Waals surface area (Å²) in [5.41, 5.74) is 0.209. The van der Waals surface area contributed by atoms with Crippen LogP contribution in [0.1, 0.15) is 20.8 Å². The molecular weight excluding hydrogens is 276 g/mol. The van der Waals surface area contributed by atoms with E-state index in [-0.39, 0.29) is 11.1 Å². The third kappa shape index (κ3) is 3.05. The minimum absolute atomic E-state index is 0.00338. The van der Waals surface area contributed by atoms with Gasteiger partial charge >= 0.3 is 0 Å². The molecule has 1 fully saturated rings. The van der Waals surface area contributed by atoms with E-state index in [2.05, 4.69) is 35.7 Å². The number of nitrogens with zero attached hydrogens (tertiary/aromatic N) is 4. The van der Waals surface area contributed by atoms with Crippen LogP contribution < -0.4 is 5.56 Å². The highest BCUT2D eigenvalue weighted by molar-refractivity contribution is 5.80.